The summed E-state index contributed by atoms with van der Waals surface area (Å²) >= 11 is 0. The lowest BCUT2D eigenvalue weighted by molar-refractivity contribution is 0.0542. The normalized spacial score (nSPS) is 16.9. The predicted molar refractivity (Wildman–Crippen MR) is 80.6 cm³/mol. The number of nitrogens with one attached hydrogen (secondary N) is 1. The third kappa shape index (κ3) is 5.27. The Kier molecular flexibility index (Phi) is 6.57. The highest BCUT2D eigenvalue weighted by Crippen LogP contribution is 2.17. The molecule has 1 N–H and O–H groups in total. The molecule has 2 rings (SSSR count). The SMILES string of the molecule is CCCNCc1ccc(CN(C)CC2CCOCC2)o1. The highest BCUT2D eigenvalue weighted by Gasteiger charge is 2.16. The van der Waals surface area contributed by atoms with Gasteiger partial charge in [0.05, 0.1) is 13.1 Å². The quantitative estimate of drug-likeness (QED) is 0.743. The minimum Gasteiger partial charge on any atom is -0.463 e. The van der Waals surface area contributed by atoms with Gasteiger partial charge in [0.1, 0.15) is 11.5 Å². The van der Waals surface area contributed by atoms with E-state index in [1.54, 1.807) is 0 Å². The average molecular weight is 280 g/mol. The van der Waals surface area contributed by atoms with Gasteiger partial charge in [0.2, 0.25) is 0 Å². The summed E-state index contributed by atoms with van der Waals surface area (Å²) in [6.07, 6.45) is 3.53. The molecule has 0 aliphatic carbocycles. The summed E-state index contributed by atoms with van der Waals surface area (Å²) in [5.74, 6) is 2.87. The zero-order valence-corrected chi connectivity index (χ0v) is 12.9. The first-order valence-electron chi connectivity index (χ1n) is 7.82. The molecule has 0 atom stereocenters. The van der Waals surface area contributed by atoms with Crippen LogP contribution in [0.3, 0.4) is 0 Å². The first-order valence-corrected chi connectivity index (χ1v) is 7.82. The molecule has 0 amide bonds. The van der Waals surface area contributed by atoms with Gasteiger partial charge in [-0.3, -0.25) is 4.90 Å². The Balaban J connectivity index is 1.71. The smallest absolute Gasteiger partial charge is 0.118 e. The van der Waals surface area contributed by atoms with Gasteiger partial charge in [0.25, 0.3) is 0 Å². The molecule has 1 saturated heterocycles. The standard InChI is InChI=1S/C16H28N2O2/c1-3-8-17-11-15-4-5-16(20-15)13-18(2)12-14-6-9-19-10-7-14/h4-5,14,17H,3,6-13H2,1-2H3. The number of hydrogen-bond donors (Lipinski definition) is 1. The maximum absolute atomic E-state index is 5.86. The van der Waals surface area contributed by atoms with Crippen molar-refractivity contribution in [2.24, 2.45) is 5.92 Å². The molecule has 1 fully saturated rings. The molecule has 0 radical (unpaired) electrons. The number of rotatable bonds is 8. The fraction of sp³-hybridized carbons (Fsp3) is 0.750. The molecular formula is C16H28N2O2. The molecule has 1 aromatic rings. The van der Waals surface area contributed by atoms with Gasteiger partial charge >= 0.3 is 0 Å². The Labute approximate surface area is 122 Å². The van der Waals surface area contributed by atoms with Crippen LogP contribution in [0.1, 0.15) is 37.7 Å². The second-order valence-electron chi connectivity index (χ2n) is 5.80. The fourth-order valence-electron chi connectivity index (χ4n) is 2.69. The van der Waals surface area contributed by atoms with Crippen LogP contribution in [0.4, 0.5) is 0 Å². The molecule has 0 saturated carbocycles. The first-order chi connectivity index (χ1) is 9.78. The zero-order valence-electron chi connectivity index (χ0n) is 12.9. The second-order valence-corrected chi connectivity index (χ2v) is 5.80. The monoisotopic (exact) mass is 280 g/mol. The number of nitrogens with zero attached hydrogens (tertiary/aromatic N) is 1. The molecule has 114 valence electrons. The van der Waals surface area contributed by atoms with E-state index in [0.717, 1.165) is 63.3 Å². The zero-order chi connectivity index (χ0) is 14.2. The highest BCUT2D eigenvalue weighted by molar-refractivity contribution is 5.07. The molecule has 1 aliphatic rings. The molecule has 1 aliphatic heterocycles. The van der Waals surface area contributed by atoms with Crippen LogP contribution in [0.25, 0.3) is 0 Å². The van der Waals surface area contributed by atoms with E-state index in [2.05, 4.69) is 36.3 Å². The average Bonchev–Trinajstić information content (AvgIpc) is 2.87. The van der Waals surface area contributed by atoms with Crippen LogP contribution >= 0.6 is 0 Å². The van der Waals surface area contributed by atoms with Crippen molar-refractivity contribution in [2.45, 2.75) is 39.3 Å². The lowest BCUT2D eigenvalue weighted by Crippen LogP contribution is -2.29. The molecule has 4 heteroatoms. The summed E-state index contributed by atoms with van der Waals surface area (Å²) in [6, 6.07) is 4.18. The Morgan fingerprint density at radius 2 is 2.00 bits per heavy atom. The van der Waals surface area contributed by atoms with Gasteiger partial charge in [-0.15, -0.1) is 0 Å². The minimum absolute atomic E-state index is 0.773. The summed E-state index contributed by atoms with van der Waals surface area (Å²) in [4.78, 5) is 2.36. The van der Waals surface area contributed by atoms with Crippen LogP contribution in [-0.2, 0) is 17.8 Å². The van der Waals surface area contributed by atoms with Crippen molar-refractivity contribution < 1.29 is 9.15 Å². The summed E-state index contributed by atoms with van der Waals surface area (Å²) in [5, 5.41) is 3.36. The molecule has 2 heterocycles. The van der Waals surface area contributed by atoms with E-state index in [1.807, 2.05) is 0 Å². The summed E-state index contributed by atoms with van der Waals surface area (Å²) in [6.45, 7) is 7.92. The molecule has 20 heavy (non-hydrogen) atoms. The lowest BCUT2D eigenvalue weighted by Gasteiger charge is -2.26. The van der Waals surface area contributed by atoms with Gasteiger partial charge in [-0.1, -0.05) is 6.92 Å². The Morgan fingerprint density at radius 1 is 1.25 bits per heavy atom. The van der Waals surface area contributed by atoms with E-state index >= 15 is 0 Å². The Bertz CT molecular complexity index is 372. The maximum Gasteiger partial charge on any atom is 0.118 e. The van der Waals surface area contributed by atoms with Crippen LogP contribution in [0, 0.1) is 5.92 Å². The second kappa shape index (κ2) is 8.45. The van der Waals surface area contributed by atoms with E-state index in [9.17, 15) is 0 Å². The van der Waals surface area contributed by atoms with E-state index in [1.165, 1.54) is 12.8 Å². The lowest BCUT2D eigenvalue weighted by atomic mass is 10.00. The largest absolute Gasteiger partial charge is 0.463 e. The molecule has 0 spiro atoms. The highest BCUT2D eigenvalue weighted by atomic mass is 16.5. The van der Waals surface area contributed by atoms with Crippen molar-refractivity contribution >= 4 is 0 Å². The van der Waals surface area contributed by atoms with Crippen LogP contribution in [0.15, 0.2) is 16.5 Å². The van der Waals surface area contributed by atoms with Gasteiger partial charge in [-0.25, -0.2) is 0 Å². The Hall–Kier alpha value is -0.840. The van der Waals surface area contributed by atoms with Crippen molar-refractivity contribution in [2.75, 3.05) is 33.4 Å². The van der Waals surface area contributed by atoms with E-state index in [0.29, 0.717) is 0 Å². The van der Waals surface area contributed by atoms with Gasteiger partial charge < -0.3 is 14.5 Å². The summed E-state index contributed by atoms with van der Waals surface area (Å²) in [7, 11) is 2.17. The van der Waals surface area contributed by atoms with Crippen LogP contribution < -0.4 is 5.32 Å². The van der Waals surface area contributed by atoms with Crippen LogP contribution in [0.2, 0.25) is 0 Å². The molecule has 1 aromatic heterocycles. The number of furan rings is 1. The van der Waals surface area contributed by atoms with Gasteiger partial charge in [0, 0.05) is 19.8 Å². The van der Waals surface area contributed by atoms with Crippen molar-refractivity contribution in [3.8, 4) is 0 Å². The predicted octanol–water partition coefficient (Wildman–Crippen LogP) is 2.64. The van der Waals surface area contributed by atoms with Crippen molar-refractivity contribution in [1.29, 1.82) is 0 Å². The molecule has 4 nitrogen and oxygen atoms in total. The summed E-state index contributed by atoms with van der Waals surface area (Å²) < 4.78 is 11.3. The fourth-order valence-corrected chi connectivity index (χ4v) is 2.69. The first kappa shape index (κ1) is 15.5. The molecule has 0 unspecified atom stereocenters. The van der Waals surface area contributed by atoms with Gasteiger partial charge in [-0.05, 0) is 50.9 Å². The van der Waals surface area contributed by atoms with Crippen LogP contribution in [0.5, 0.6) is 0 Å². The van der Waals surface area contributed by atoms with Gasteiger partial charge in [0.15, 0.2) is 0 Å². The minimum atomic E-state index is 0.773. The maximum atomic E-state index is 5.86. The third-order valence-electron chi connectivity index (χ3n) is 3.78. The number of ether oxygens (including phenoxy) is 1. The molecular weight excluding hydrogens is 252 g/mol. The molecule has 0 aromatic carbocycles. The van der Waals surface area contributed by atoms with Crippen molar-refractivity contribution in [3.05, 3.63) is 23.7 Å². The van der Waals surface area contributed by atoms with Crippen molar-refractivity contribution in [3.63, 3.8) is 0 Å². The topological polar surface area (TPSA) is 37.6 Å². The van der Waals surface area contributed by atoms with E-state index < -0.39 is 0 Å². The van der Waals surface area contributed by atoms with E-state index in [-0.39, 0.29) is 0 Å². The molecule has 0 bridgehead atoms. The van der Waals surface area contributed by atoms with Gasteiger partial charge in [-0.2, -0.15) is 0 Å². The van der Waals surface area contributed by atoms with Crippen molar-refractivity contribution in [1.82, 2.24) is 10.2 Å². The summed E-state index contributed by atoms with van der Waals surface area (Å²) in [5.41, 5.74) is 0. The Morgan fingerprint density at radius 3 is 2.75 bits per heavy atom. The van der Waals surface area contributed by atoms with Crippen LogP contribution in [-0.4, -0.2) is 38.3 Å². The van der Waals surface area contributed by atoms with E-state index in [4.69, 9.17) is 9.15 Å². The number of hydrogen-bond acceptors (Lipinski definition) is 4. The third-order valence-corrected chi connectivity index (χ3v) is 3.78.